The number of carbonyl (C=O) groups excluding carboxylic acids is 2. The molecular weight excluding hydrogens is 328 g/mol. The number of carbonyl (C=O) groups is 2. The molecule has 1 aromatic heterocycles. The molecule has 3 N–H and O–H groups in total. The monoisotopic (exact) mass is 346 g/mol. The highest BCUT2D eigenvalue weighted by molar-refractivity contribution is 6.05. The van der Waals surface area contributed by atoms with Crippen LogP contribution in [0.25, 0.3) is 0 Å². The van der Waals surface area contributed by atoms with Gasteiger partial charge < -0.3 is 16.0 Å². The molecule has 0 radical (unpaired) electrons. The van der Waals surface area contributed by atoms with Crippen LogP contribution in [0.1, 0.15) is 17.3 Å². The number of nitrogens with zero attached hydrogens (tertiary/aromatic N) is 1. The van der Waals surface area contributed by atoms with Crippen LogP contribution in [0.5, 0.6) is 0 Å². The fourth-order valence-electron chi connectivity index (χ4n) is 2.40. The van der Waals surface area contributed by atoms with Crippen molar-refractivity contribution in [2.24, 2.45) is 0 Å². The molecule has 2 amide bonds. The molecule has 0 saturated heterocycles. The van der Waals surface area contributed by atoms with E-state index in [0.717, 1.165) is 11.4 Å². The van der Waals surface area contributed by atoms with Crippen LogP contribution in [0.3, 0.4) is 0 Å². The second kappa shape index (κ2) is 7.94. The van der Waals surface area contributed by atoms with Crippen molar-refractivity contribution in [2.45, 2.75) is 6.92 Å². The van der Waals surface area contributed by atoms with E-state index in [1.54, 1.807) is 36.5 Å². The first-order valence-corrected chi connectivity index (χ1v) is 8.06. The van der Waals surface area contributed by atoms with Crippen molar-refractivity contribution in [3.05, 3.63) is 78.6 Å². The van der Waals surface area contributed by atoms with Gasteiger partial charge in [0.2, 0.25) is 5.91 Å². The summed E-state index contributed by atoms with van der Waals surface area (Å²) in [6.07, 6.45) is 3.16. The Balaban J connectivity index is 1.72. The quantitative estimate of drug-likeness (QED) is 0.651. The fourth-order valence-corrected chi connectivity index (χ4v) is 2.40. The van der Waals surface area contributed by atoms with E-state index in [4.69, 9.17) is 0 Å². The lowest BCUT2D eigenvalue weighted by atomic mass is 10.2. The maximum atomic E-state index is 12.5. The van der Waals surface area contributed by atoms with Crippen LogP contribution in [0.2, 0.25) is 0 Å². The first kappa shape index (κ1) is 17.2. The smallest absolute Gasteiger partial charge is 0.257 e. The van der Waals surface area contributed by atoms with Gasteiger partial charge in [0.15, 0.2) is 0 Å². The molecule has 26 heavy (non-hydrogen) atoms. The number of anilines is 4. The minimum absolute atomic E-state index is 0.169. The third kappa shape index (κ3) is 4.67. The normalized spacial score (nSPS) is 10.0. The van der Waals surface area contributed by atoms with Gasteiger partial charge in [0.1, 0.15) is 0 Å². The van der Waals surface area contributed by atoms with Gasteiger partial charge in [-0.15, -0.1) is 0 Å². The molecule has 130 valence electrons. The Morgan fingerprint density at radius 1 is 0.769 bits per heavy atom. The Morgan fingerprint density at radius 3 is 2.19 bits per heavy atom. The number of amides is 2. The van der Waals surface area contributed by atoms with Crippen LogP contribution in [0.4, 0.5) is 22.7 Å². The average molecular weight is 346 g/mol. The summed E-state index contributed by atoms with van der Waals surface area (Å²) >= 11 is 0. The Labute approximate surface area is 151 Å². The average Bonchev–Trinajstić information content (AvgIpc) is 2.62. The summed E-state index contributed by atoms with van der Waals surface area (Å²) in [6.45, 7) is 1.43. The van der Waals surface area contributed by atoms with Crippen molar-refractivity contribution in [3.8, 4) is 0 Å². The van der Waals surface area contributed by atoms with Gasteiger partial charge >= 0.3 is 0 Å². The van der Waals surface area contributed by atoms with Gasteiger partial charge in [-0.05, 0) is 36.4 Å². The topological polar surface area (TPSA) is 83.1 Å². The Bertz CT molecular complexity index is 926. The molecule has 0 aliphatic heterocycles. The molecule has 0 bridgehead atoms. The predicted molar refractivity (Wildman–Crippen MR) is 103 cm³/mol. The van der Waals surface area contributed by atoms with Crippen LogP contribution in [0.15, 0.2) is 73.1 Å². The third-order valence-corrected chi connectivity index (χ3v) is 3.50. The minimum atomic E-state index is -0.283. The van der Waals surface area contributed by atoms with Gasteiger partial charge in [-0.25, -0.2) is 0 Å². The Kier molecular flexibility index (Phi) is 5.24. The highest BCUT2D eigenvalue weighted by Crippen LogP contribution is 2.19. The van der Waals surface area contributed by atoms with Gasteiger partial charge in [-0.2, -0.15) is 0 Å². The zero-order valence-electron chi connectivity index (χ0n) is 14.2. The van der Waals surface area contributed by atoms with Crippen molar-refractivity contribution in [1.29, 1.82) is 0 Å². The maximum absolute atomic E-state index is 12.5. The van der Waals surface area contributed by atoms with Crippen molar-refractivity contribution < 1.29 is 9.59 Å². The van der Waals surface area contributed by atoms with Gasteiger partial charge in [0.05, 0.1) is 17.4 Å². The Hall–Kier alpha value is -3.67. The summed E-state index contributed by atoms with van der Waals surface area (Å²) < 4.78 is 0. The van der Waals surface area contributed by atoms with Crippen LogP contribution in [-0.4, -0.2) is 16.8 Å². The van der Waals surface area contributed by atoms with E-state index in [2.05, 4.69) is 20.9 Å². The second-order valence-electron chi connectivity index (χ2n) is 5.67. The van der Waals surface area contributed by atoms with E-state index >= 15 is 0 Å². The fraction of sp³-hybridized carbons (Fsp3) is 0.0500. The standard InChI is InChI=1S/C20H18N4O2/c1-14(25)22-17-8-5-9-18(11-17)24-20(26)15-10-19(13-21-12-15)23-16-6-3-2-4-7-16/h2-13,23H,1H3,(H,22,25)(H,24,26). The molecule has 0 spiro atoms. The number of hydrogen-bond acceptors (Lipinski definition) is 4. The summed E-state index contributed by atoms with van der Waals surface area (Å²) in [5, 5.41) is 8.69. The molecule has 1 heterocycles. The lowest BCUT2D eigenvalue weighted by molar-refractivity contribution is -0.114. The lowest BCUT2D eigenvalue weighted by Crippen LogP contribution is -2.13. The van der Waals surface area contributed by atoms with E-state index in [9.17, 15) is 9.59 Å². The molecule has 2 aromatic carbocycles. The highest BCUT2D eigenvalue weighted by atomic mass is 16.2. The molecule has 0 unspecified atom stereocenters. The molecule has 6 nitrogen and oxygen atoms in total. The molecule has 3 aromatic rings. The number of nitrogens with one attached hydrogen (secondary N) is 3. The van der Waals surface area contributed by atoms with Crippen LogP contribution in [0, 0.1) is 0 Å². The molecule has 0 aliphatic carbocycles. The first-order chi connectivity index (χ1) is 12.6. The molecule has 0 fully saturated rings. The van der Waals surface area contributed by atoms with Crippen molar-refractivity contribution >= 4 is 34.6 Å². The summed E-state index contributed by atoms with van der Waals surface area (Å²) in [5.74, 6) is -0.452. The zero-order chi connectivity index (χ0) is 18.4. The van der Waals surface area contributed by atoms with Crippen LogP contribution < -0.4 is 16.0 Å². The summed E-state index contributed by atoms with van der Waals surface area (Å²) in [6, 6.07) is 18.3. The van der Waals surface area contributed by atoms with Gasteiger partial charge in [-0.1, -0.05) is 24.3 Å². The number of pyridine rings is 1. The van der Waals surface area contributed by atoms with E-state index < -0.39 is 0 Å². The van der Waals surface area contributed by atoms with Crippen molar-refractivity contribution in [3.63, 3.8) is 0 Å². The van der Waals surface area contributed by atoms with E-state index in [0.29, 0.717) is 16.9 Å². The SMILES string of the molecule is CC(=O)Nc1cccc(NC(=O)c2cncc(Nc3ccccc3)c2)c1. The van der Waals surface area contributed by atoms with Crippen LogP contribution >= 0.6 is 0 Å². The number of aromatic nitrogens is 1. The summed E-state index contributed by atoms with van der Waals surface area (Å²) in [5.41, 5.74) is 3.26. The molecule has 0 aliphatic rings. The molecule has 0 saturated carbocycles. The van der Waals surface area contributed by atoms with Crippen molar-refractivity contribution in [2.75, 3.05) is 16.0 Å². The molecule has 0 atom stereocenters. The summed E-state index contributed by atoms with van der Waals surface area (Å²) in [4.78, 5) is 27.7. The van der Waals surface area contributed by atoms with Gasteiger partial charge in [0.25, 0.3) is 5.91 Å². The molecule has 3 rings (SSSR count). The zero-order valence-corrected chi connectivity index (χ0v) is 14.2. The van der Waals surface area contributed by atoms with Crippen LogP contribution in [-0.2, 0) is 4.79 Å². The minimum Gasteiger partial charge on any atom is -0.354 e. The predicted octanol–water partition coefficient (Wildman–Crippen LogP) is 4.04. The van der Waals surface area contributed by atoms with E-state index in [1.165, 1.54) is 13.1 Å². The summed E-state index contributed by atoms with van der Waals surface area (Å²) in [7, 11) is 0. The lowest BCUT2D eigenvalue weighted by Gasteiger charge is -2.10. The molecular formula is C20H18N4O2. The largest absolute Gasteiger partial charge is 0.354 e. The number of benzene rings is 2. The van der Waals surface area contributed by atoms with Crippen molar-refractivity contribution in [1.82, 2.24) is 4.98 Å². The first-order valence-electron chi connectivity index (χ1n) is 8.06. The number of hydrogen-bond donors (Lipinski definition) is 3. The maximum Gasteiger partial charge on any atom is 0.257 e. The Morgan fingerprint density at radius 2 is 1.46 bits per heavy atom. The third-order valence-electron chi connectivity index (χ3n) is 3.50. The molecule has 6 heteroatoms. The van der Waals surface area contributed by atoms with Gasteiger partial charge in [0, 0.05) is 30.2 Å². The van der Waals surface area contributed by atoms with E-state index in [1.807, 2.05) is 30.3 Å². The highest BCUT2D eigenvalue weighted by Gasteiger charge is 2.08. The van der Waals surface area contributed by atoms with Gasteiger partial charge in [-0.3, -0.25) is 14.6 Å². The number of para-hydroxylation sites is 1. The van der Waals surface area contributed by atoms with E-state index in [-0.39, 0.29) is 11.8 Å². The number of rotatable bonds is 5. The second-order valence-corrected chi connectivity index (χ2v) is 5.67.